The normalized spacial score (nSPS) is 25.6. The standard InChI is InChI=1S/C16H20Cl2N2O/c17-14-6-5-13(7-15(14)18)19-16(21)10-20-8-11-3-1-2-4-12(11)9-20/h5-7,11-12H,1-4,8-10H2,(H,19,21). The van der Waals surface area contributed by atoms with Crippen LogP contribution >= 0.6 is 23.2 Å². The number of carbonyl (C=O) groups is 1. The Balaban J connectivity index is 1.53. The summed E-state index contributed by atoms with van der Waals surface area (Å²) in [5, 5.41) is 3.85. The van der Waals surface area contributed by atoms with Crippen LogP contribution in [0.5, 0.6) is 0 Å². The van der Waals surface area contributed by atoms with Crippen molar-refractivity contribution in [2.75, 3.05) is 25.0 Å². The number of carbonyl (C=O) groups excluding carboxylic acids is 1. The summed E-state index contributed by atoms with van der Waals surface area (Å²) in [5.74, 6) is 1.63. The average molecular weight is 327 g/mol. The molecule has 3 rings (SSSR count). The molecule has 114 valence electrons. The van der Waals surface area contributed by atoms with Gasteiger partial charge in [0.1, 0.15) is 0 Å². The maximum Gasteiger partial charge on any atom is 0.238 e. The molecule has 2 atom stereocenters. The number of nitrogens with zero attached hydrogens (tertiary/aromatic N) is 1. The van der Waals surface area contributed by atoms with E-state index in [4.69, 9.17) is 23.2 Å². The third-order valence-corrected chi connectivity index (χ3v) is 5.36. The minimum Gasteiger partial charge on any atom is -0.325 e. The maximum atomic E-state index is 12.1. The van der Waals surface area contributed by atoms with Gasteiger partial charge in [0.05, 0.1) is 16.6 Å². The summed E-state index contributed by atoms with van der Waals surface area (Å²) in [4.78, 5) is 14.4. The number of nitrogens with one attached hydrogen (secondary N) is 1. The van der Waals surface area contributed by atoms with Gasteiger partial charge in [-0.2, -0.15) is 0 Å². The summed E-state index contributed by atoms with van der Waals surface area (Å²) >= 11 is 11.8. The molecule has 1 saturated carbocycles. The number of halogens is 2. The highest BCUT2D eigenvalue weighted by Crippen LogP contribution is 2.35. The van der Waals surface area contributed by atoms with Crippen molar-refractivity contribution in [3.63, 3.8) is 0 Å². The van der Waals surface area contributed by atoms with Crippen molar-refractivity contribution >= 4 is 34.8 Å². The van der Waals surface area contributed by atoms with E-state index in [9.17, 15) is 4.79 Å². The number of rotatable bonds is 3. The lowest BCUT2D eigenvalue weighted by molar-refractivity contribution is -0.117. The van der Waals surface area contributed by atoms with Crippen molar-refractivity contribution in [3.05, 3.63) is 28.2 Å². The molecule has 1 saturated heterocycles. The van der Waals surface area contributed by atoms with Crippen LogP contribution in [0.3, 0.4) is 0 Å². The summed E-state index contributed by atoms with van der Waals surface area (Å²) in [6, 6.07) is 5.16. The maximum absolute atomic E-state index is 12.1. The second kappa shape index (κ2) is 6.55. The fourth-order valence-electron chi connectivity index (χ4n) is 3.61. The van der Waals surface area contributed by atoms with Crippen molar-refractivity contribution in [3.8, 4) is 0 Å². The van der Waals surface area contributed by atoms with Gasteiger partial charge in [-0.15, -0.1) is 0 Å². The number of fused-ring (bicyclic) bond motifs is 1. The van der Waals surface area contributed by atoms with E-state index in [2.05, 4.69) is 10.2 Å². The molecule has 2 fully saturated rings. The number of likely N-dealkylation sites (tertiary alicyclic amines) is 1. The number of anilines is 1. The Hall–Kier alpha value is -0.770. The average Bonchev–Trinajstić information content (AvgIpc) is 2.84. The minimum absolute atomic E-state index is 0.0204. The van der Waals surface area contributed by atoms with E-state index in [1.807, 2.05) is 0 Å². The van der Waals surface area contributed by atoms with Crippen molar-refractivity contribution in [2.45, 2.75) is 25.7 Å². The van der Waals surface area contributed by atoms with Crippen LogP contribution in [0.4, 0.5) is 5.69 Å². The first-order chi connectivity index (χ1) is 10.1. The monoisotopic (exact) mass is 326 g/mol. The predicted molar refractivity (Wildman–Crippen MR) is 87.0 cm³/mol. The van der Waals surface area contributed by atoms with Crippen LogP contribution < -0.4 is 5.32 Å². The first-order valence-corrected chi connectivity index (χ1v) is 8.34. The summed E-state index contributed by atoms with van der Waals surface area (Å²) in [6.45, 7) is 2.60. The highest BCUT2D eigenvalue weighted by atomic mass is 35.5. The summed E-state index contributed by atoms with van der Waals surface area (Å²) in [6.07, 6.45) is 5.36. The van der Waals surface area contributed by atoms with E-state index >= 15 is 0 Å². The predicted octanol–water partition coefficient (Wildman–Crippen LogP) is 4.05. The Morgan fingerprint density at radius 2 is 1.81 bits per heavy atom. The molecule has 0 aromatic heterocycles. The van der Waals surface area contributed by atoms with Crippen LogP contribution in [0.2, 0.25) is 10.0 Å². The van der Waals surface area contributed by atoms with Crippen LogP contribution in [-0.4, -0.2) is 30.4 Å². The molecule has 2 aliphatic rings. The van der Waals surface area contributed by atoms with E-state index < -0.39 is 0 Å². The van der Waals surface area contributed by atoms with Crippen LogP contribution in [0.15, 0.2) is 18.2 Å². The molecule has 1 aliphatic heterocycles. The van der Waals surface area contributed by atoms with Gasteiger partial charge in [0.2, 0.25) is 5.91 Å². The van der Waals surface area contributed by atoms with Crippen molar-refractivity contribution in [1.29, 1.82) is 0 Å². The van der Waals surface area contributed by atoms with Gasteiger partial charge in [-0.25, -0.2) is 0 Å². The molecule has 5 heteroatoms. The van der Waals surface area contributed by atoms with Gasteiger partial charge in [-0.05, 0) is 42.9 Å². The summed E-state index contributed by atoms with van der Waals surface area (Å²) < 4.78 is 0. The van der Waals surface area contributed by atoms with E-state index in [-0.39, 0.29) is 5.91 Å². The van der Waals surface area contributed by atoms with E-state index in [1.165, 1.54) is 25.7 Å². The number of hydrogen-bond acceptors (Lipinski definition) is 2. The zero-order chi connectivity index (χ0) is 14.8. The van der Waals surface area contributed by atoms with Crippen LogP contribution in [0.25, 0.3) is 0 Å². The molecule has 21 heavy (non-hydrogen) atoms. The Bertz CT molecular complexity index is 521. The molecular formula is C16H20Cl2N2O. The van der Waals surface area contributed by atoms with Gasteiger partial charge >= 0.3 is 0 Å². The summed E-state index contributed by atoms with van der Waals surface area (Å²) in [7, 11) is 0. The van der Waals surface area contributed by atoms with Crippen molar-refractivity contribution < 1.29 is 4.79 Å². The zero-order valence-electron chi connectivity index (χ0n) is 11.9. The second-order valence-electron chi connectivity index (χ2n) is 6.18. The molecule has 0 radical (unpaired) electrons. The number of amides is 1. The Kier molecular flexibility index (Phi) is 4.72. The van der Waals surface area contributed by atoms with Crippen molar-refractivity contribution in [2.24, 2.45) is 11.8 Å². The van der Waals surface area contributed by atoms with E-state index in [0.717, 1.165) is 24.9 Å². The van der Waals surface area contributed by atoms with Gasteiger partial charge in [0, 0.05) is 18.8 Å². The fraction of sp³-hybridized carbons (Fsp3) is 0.562. The lowest BCUT2D eigenvalue weighted by atomic mass is 9.82. The molecular weight excluding hydrogens is 307 g/mol. The molecule has 1 aliphatic carbocycles. The molecule has 0 spiro atoms. The molecule has 3 nitrogen and oxygen atoms in total. The van der Waals surface area contributed by atoms with Gasteiger partial charge in [0.15, 0.2) is 0 Å². The quantitative estimate of drug-likeness (QED) is 0.908. The number of hydrogen-bond donors (Lipinski definition) is 1. The Labute approximate surface area is 135 Å². The van der Waals surface area contributed by atoms with E-state index in [1.54, 1.807) is 18.2 Å². The third kappa shape index (κ3) is 3.71. The van der Waals surface area contributed by atoms with Gasteiger partial charge in [-0.1, -0.05) is 36.0 Å². The fourth-order valence-corrected chi connectivity index (χ4v) is 3.91. The lowest BCUT2D eigenvalue weighted by Crippen LogP contribution is -2.31. The van der Waals surface area contributed by atoms with E-state index in [0.29, 0.717) is 22.3 Å². The zero-order valence-corrected chi connectivity index (χ0v) is 13.5. The first kappa shape index (κ1) is 15.1. The third-order valence-electron chi connectivity index (χ3n) is 4.62. The smallest absolute Gasteiger partial charge is 0.238 e. The highest BCUT2D eigenvalue weighted by molar-refractivity contribution is 6.42. The lowest BCUT2D eigenvalue weighted by Gasteiger charge is -2.23. The molecule has 1 heterocycles. The molecule has 2 unspecified atom stereocenters. The van der Waals surface area contributed by atoms with Crippen LogP contribution in [0.1, 0.15) is 25.7 Å². The van der Waals surface area contributed by atoms with Gasteiger partial charge in [0.25, 0.3) is 0 Å². The largest absolute Gasteiger partial charge is 0.325 e. The number of benzene rings is 1. The molecule has 1 aromatic rings. The Morgan fingerprint density at radius 1 is 1.14 bits per heavy atom. The molecule has 0 bridgehead atoms. The topological polar surface area (TPSA) is 32.3 Å². The van der Waals surface area contributed by atoms with Gasteiger partial charge in [-0.3, -0.25) is 9.69 Å². The summed E-state index contributed by atoms with van der Waals surface area (Å²) in [5.41, 5.74) is 0.700. The molecule has 1 N–H and O–H groups in total. The molecule has 1 aromatic carbocycles. The second-order valence-corrected chi connectivity index (χ2v) is 6.99. The highest BCUT2D eigenvalue weighted by Gasteiger charge is 2.34. The first-order valence-electron chi connectivity index (χ1n) is 7.59. The van der Waals surface area contributed by atoms with Crippen LogP contribution in [-0.2, 0) is 4.79 Å². The van der Waals surface area contributed by atoms with Crippen molar-refractivity contribution in [1.82, 2.24) is 4.90 Å². The van der Waals surface area contributed by atoms with Gasteiger partial charge < -0.3 is 5.32 Å². The minimum atomic E-state index is 0.0204. The molecule has 1 amide bonds. The SMILES string of the molecule is O=C(CN1CC2CCCCC2C1)Nc1ccc(Cl)c(Cl)c1. The Morgan fingerprint density at radius 3 is 2.43 bits per heavy atom. The van der Waals surface area contributed by atoms with Crippen LogP contribution in [0, 0.1) is 11.8 Å².